The smallest absolute Gasteiger partial charge is 0.414 e. The van der Waals surface area contributed by atoms with Crippen molar-refractivity contribution in [2.24, 2.45) is 0 Å². The molecule has 0 aliphatic carbocycles. The van der Waals surface area contributed by atoms with Gasteiger partial charge in [0, 0.05) is 59.2 Å². The number of amides is 3. The average molecular weight is 478 g/mol. The summed E-state index contributed by atoms with van der Waals surface area (Å²) in [6, 6.07) is 4.69. The number of halogens is 1. The summed E-state index contributed by atoms with van der Waals surface area (Å²) in [6.07, 6.45) is -0.558. The quantitative estimate of drug-likeness (QED) is 0.617. The first-order chi connectivity index (χ1) is 16.4. The molecule has 3 heterocycles. The molecule has 3 fully saturated rings. The van der Waals surface area contributed by atoms with Gasteiger partial charge in [-0.05, 0) is 18.2 Å². The van der Waals surface area contributed by atoms with Gasteiger partial charge in [-0.1, -0.05) is 0 Å². The maximum Gasteiger partial charge on any atom is 0.414 e. The largest absolute Gasteiger partial charge is 0.442 e. The zero-order valence-electron chi connectivity index (χ0n) is 19.5. The molecule has 34 heavy (non-hydrogen) atoms. The number of nitrogens with zero attached hydrogens (tertiary/aromatic N) is 4. The lowest BCUT2D eigenvalue weighted by Gasteiger charge is -2.37. The first-order valence-electron chi connectivity index (χ1n) is 11.8. The van der Waals surface area contributed by atoms with Crippen LogP contribution in [-0.4, -0.2) is 106 Å². The fraction of sp³-hybridized carbons (Fsp3) is 0.609. The fourth-order valence-corrected chi connectivity index (χ4v) is 4.45. The number of ether oxygens (including phenoxy) is 2. The molecule has 3 aliphatic heterocycles. The number of hydrogen-bond acceptors (Lipinski definition) is 7. The van der Waals surface area contributed by atoms with Crippen molar-refractivity contribution in [2.45, 2.75) is 19.4 Å². The molecule has 1 aromatic rings. The Morgan fingerprint density at radius 2 is 1.85 bits per heavy atom. The zero-order chi connectivity index (χ0) is 24.1. The van der Waals surface area contributed by atoms with E-state index in [1.54, 1.807) is 12.1 Å². The Morgan fingerprint density at radius 1 is 1.12 bits per heavy atom. The Kier molecular flexibility index (Phi) is 7.84. The third kappa shape index (κ3) is 5.95. The molecule has 3 amide bonds. The van der Waals surface area contributed by atoms with Crippen molar-refractivity contribution in [3.63, 3.8) is 0 Å². The molecule has 11 heteroatoms. The second-order valence-electron chi connectivity index (χ2n) is 8.76. The van der Waals surface area contributed by atoms with Crippen molar-refractivity contribution in [1.29, 1.82) is 0 Å². The van der Waals surface area contributed by atoms with Crippen molar-refractivity contribution in [2.75, 3.05) is 81.9 Å². The number of benzene rings is 1. The summed E-state index contributed by atoms with van der Waals surface area (Å²) in [5, 5.41) is 2.62. The second-order valence-corrected chi connectivity index (χ2v) is 8.76. The first kappa shape index (κ1) is 24.2. The van der Waals surface area contributed by atoms with E-state index in [2.05, 4.69) is 10.2 Å². The second kappa shape index (κ2) is 11.0. The van der Waals surface area contributed by atoms with E-state index in [-0.39, 0.29) is 24.9 Å². The Labute approximate surface area is 198 Å². The van der Waals surface area contributed by atoms with Crippen molar-refractivity contribution < 1.29 is 28.2 Å². The van der Waals surface area contributed by atoms with Crippen LogP contribution in [0.25, 0.3) is 0 Å². The molecule has 0 aromatic heterocycles. The van der Waals surface area contributed by atoms with Gasteiger partial charge >= 0.3 is 6.09 Å². The lowest BCUT2D eigenvalue weighted by molar-refractivity contribution is -0.132. The molecule has 3 saturated heterocycles. The van der Waals surface area contributed by atoms with Crippen molar-refractivity contribution in [1.82, 2.24) is 15.1 Å². The highest BCUT2D eigenvalue weighted by molar-refractivity contribution is 5.90. The number of rotatable bonds is 7. The summed E-state index contributed by atoms with van der Waals surface area (Å²) in [4.78, 5) is 43.2. The molecule has 0 radical (unpaired) electrons. The van der Waals surface area contributed by atoms with Crippen LogP contribution < -0.4 is 15.1 Å². The van der Waals surface area contributed by atoms with E-state index in [1.165, 1.54) is 17.9 Å². The lowest BCUT2D eigenvalue weighted by Crippen LogP contribution is -2.49. The predicted octanol–water partition coefficient (Wildman–Crippen LogP) is 0.658. The predicted molar refractivity (Wildman–Crippen MR) is 123 cm³/mol. The van der Waals surface area contributed by atoms with Gasteiger partial charge < -0.3 is 24.6 Å². The van der Waals surface area contributed by atoms with Crippen LogP contribution in [0.1, 0.15) is 13.3 Å². The summed E-state index contributed by atoms with van der Waals surface area (Å²) in [5.74, 6) is -0.505. The Morgan fingerprint density at radius 3 is 2.53 bits per heavy atom. The molecule has 1 aromatic carbocycles. The molecule has 4 rings (SSSR count). The summed E-state index contributed by atoms with van der Waals surface area (Å²) in [7, 11) is 0. The minimum atomic E-state index is -0.563. The van der Waals surface area contributed by atoms with Gasteiger partial charge in [0.1, 0.15) is 11.9 Å². The molecule has 10 nitrogen and oxygen atoms in total. The number of carbonyl (C=O) groups excluding carboxylic acids is 3. The van der Waals surface area contributed by atoms with E-state index in [9.17, 15) is 18.8 Å². The van der Waals surface area contributed by atoms with E-state index < -0.39 is 18.0 Å². The molecule has 186 valence electrons. The minimum Gasteiger partial charge on any atom is -0.442 e. The Hall–Kier alpha value is -2.92. The first-order valence-corrected chi connectivity index (χ1v) is 11.8. The molecular formula is C23H32FN5O5. The summed E-state index contributed by atoms with van der Waals surface area (Å²) < 4.78 is 25.6. The van der Waals surface area contributed by atoms with Crippen LogP contribution in [0.2, 0.25) is 0 Å². The molecule has 1 unspecified atom stereocenters. The third-order valence-corrected chi connectivity index (χ3v) is 6.41. The van der Waals surface area contributed by atoms with Gasteiger partial charge in [0.05, 0.1) is 37.7 Å². The number of morpholine rings is 1. The fourth-order valence-electron chi connectivity index (χ4n) is 4.45. The van der Waals surface area contributed by atoms with Crippen LogP contribution >= 0.6 is 0 Å². The van der Waals surface area contributed by atoms with Crippen LogP contribution in [0, 0.1) is 5.82 Å². The minimum absolute atomic E-state index is 0.128. The summed E-state index contributed by atoms with van der Waals surface area (Å²) >= 11 is 0. The summed E-state index contributed by atoms with van der Waals surface area (Å²) in [5.41, 5.74) is 0.861. The van der Waals surface area contributed by atoms with Crippen molar-refractivity contribution in [3.8, 4) is 0 Å². The van der Waals surface area contributed by atoms with E-state index in [0.717, 1.165) is 19.6 Å². The van der Waals surface area contributed by atoms with E-state index in [0.29, 0.717) is 57.2 Å². The number of carbonyl (C=O) groups is 3. The Bertz CT molecular complexity index is 902. The highest BCUT2D eigenvalue weighted by Crippen LogP contribution is 2.28. The van der Waals surface area contributed by atoms with Crippen LogP contribution in [0.4, 0.5) is 20.6 Å². The van der Waals surface area contributed by atoms with Gasteiger partial charge in [-0.3, -0.25) is 19.4 Å². The normalized spacial score (nSPS) is 21.5. The molecule has 0 bridgehead atoms. The average Bonchev–Trinajstić information content (AvgIpc) is 3.22. The molecular weight excluding hydrogens is 445 g/mol. The number of hydrogen-bond donors (Lipinski definition) is 1. The van der Waals surface area contributed by atoms with E-state index >= 15 is 0 Å². The number of piperazine rings is 1. The number of anilines is 2. The highest BCUT2D eigenvalue weighted by atomic mass is 19.1. The maximum atomic E-state index is 15.0. The van der Waals surface area contributed by atoms with Gasteiger partial charge in [0.2, 0.25) is 11.8 Å². The van der Waals surface area contributed by atoms with Crippen molar-refractivity contribution in [3.05, 3.63) is 24.0 Å². The van der Waals surface area contributed by atoms with Crippen LogP contribution in [0.5, 0.6) is 0 Å². The monoisotopic (exact) mass is 477 g/mol. The third-order valence-electron chi connectivity index (χ3n) is 6.41. The topological polar surface area (TPSA) is 94.7 Å². The molecule has 0 saturated carbocycles. The molecule has 1 atom stereocenters. The van der Waals surface area contributed by atoms with Gasteiger partial charge in [-0.25, -0.2) is 9.18 Å². The van der Waals surface area contributed by atoms with E-state index in [1.807, 2.05) is 9.80 Å². The highest BCUT2D eigenvalue weighted by Gasteiger charge is 2.33. The SMILES string of the molecule is CC(=O)NCC1CN(c2ccc(N3CCN(C(=O)CCN4CCOCC4)CC3)c(F)c2)C(=O)O1. The number of cyclic esters (lactones) is 1. The zero-order valence-corrected chi connectivity index (χ0v) is 19.5. The van der Waals surface area contributed by atoms with Crippen molar-refractivity contribution >= 4 is 29.3 Å². The van der Waals surface area contributed by atoms with Gasteiger partial charge in [0.15, 0.2) is 0 Å². The molecule has 1 N–H and O–H groups in total. The van der Waals surface area contributed by atoms with Gasteiger partial charge in [-0.2, -0.15) is 0 Å². The van der Waals surface area contributed by atoms with E-state index in [4.69, 9.17) is 9.47 Å². The maximum absolute atomic E-state index is 15.0. The van der Waals surface area contributed by atoms with Gasteiger partial charge in [-0.15, -0.1) is 0 Å². The Balaban J connectivity index is 1.28. The van der Waals surface area contributed by atoms with Crippen LogP contribution in [0.15, 0.2) is 18.2 Å². The van der Waals surface area contributed by atoms with Gasteiger partial charge in [0.25, 0.3) is 0 Å². The molecule has 0 spiro atoms. The lowest BCUT2D eigenvalue weighted by atomic mass is 10.2. The molecule has 3 aliphatic rings. The van der Waals surface area contributed by atoms with Crippen LogP contribution in [-0.2, 0) is 19.1 Å². The number of nitrogens with one attached hydrogen (secondary N) is 1. The van der Waals surface area contributed by atoms with Crippen LogP contribution in [0.3, 0.4) is 0 Å². The summed E-state index contributed by atoms with van der Waals surface area (Å²) in [6.45, 7) is 7.93. The standard InChI is InChI=1S/C23H32FN5O5/c1-17(30)25-15-19-16-29(23(32)34-19)18-2-3-21(20(24)14-18)27-6-8-28(9-7-27)22(31)4-5-26-10-12-33-13-11-26/h2-3,14,19H,4-13,15-16H2,1H3,(H,25,30).